The zero-order valence-electron chi connectivity index (χ0n) is 10.2. The van der Waals surface area contributed by atoms with Crippen molar-refractivity contribution in [2.45, 2.75) is 27.7 Å². The monoisotopic (exact) mass is 215 g/mol. The van der Waals surface area contributed by atoms with Gasteiger partial charge in [0.25, 0.3) is 0 Å². The molecule has 0 radical (unpaired) electrons. The van der Waals surface area contributed by atoms with Crippen molar-refractivity contribution >= 4 is 0 Å². The molecule has 3 heteroatoms. The number of pyridine rings is 1. The lowest BCUT2D eigenvalue weighted by molar-refractivity contribution is 1.09. The van der Waals surface area contributed by atoms with Gasteiger partial charge in [-0.05, 0) is 32.0 Å². The Morgan fingerprint density at radius 3 is 2.38 bits per heavy atom. The van der Waals surface area contributed by atoms with E-state index in [4.69, 9.17) is 0 Å². The Hall–Kier alpha value is -1.77. The molecule has 2 aromatic heterocycles. The molecule has 0 aliphatic rings. The van der Waals surface area contributed by atoms with E-state index in [2.05, 4.69) is 15.0 Å². The largest absolute Gasteiger partial charge is 0.261 e. The summed E-state index contributed by atoms with van der Waals surface area (Å²) >= 11 is 0. The van der Waals surface area contributed by atoms with Crippen molar-refractivity contribution in [3.8, 4) is 11.3 Å². The maximum absolute atomic E-state index is 4.22. The molecule has 0 saturated heterocycles. The summed E-state index contributed by atoms with van der Waals surface area (Å²) in [6.07, 6.45) is 3.37. The van der Waals surface area contributed by atoms with Crippen LogP contribution in [0.15, 0.2) is 30.7 Å². The highest BCUT2D eigenvalue weighted by molar-refractivity contribution is 5.61. The Kier molecular flexibility index (Phi) is 4.58. The molecule has 0 atom stereocenters. The van der Waals surface area contributed by atoms with Crippen LogP contribution in [0.3, 0.4) is 0 Å². The number of hydrogen-bond donors (Lipinski definition) is 0. The van der Waals surface area contributed by atoms with Crippen LogP contribution in [0.25, 0.3) is 11.3 Å². The van der Waals surface area contributed by atoms with Gasteiger partial charge in [-0.3, -0.25) is 4.98 Å². The zero-order valence-corrected chi connectivity index (χ0v) is 10.2. The van der Waals surface area contributed by atoms with Crippen molar-refractivity contribution in [3.63, 3.8) is 0 Å². The topological polar surface area (TPSA) is 38.7 Å². The van der Waals surface area contributed by atoms with Crippen molar-refractivity contribution in [2.75, 3.05) is 0 Å². The Morgan fingerprint density at radius 1 is 1.00 bits per heavy atom. The number of hydrogen-bond acceptors (Lipinski definition) is 3. The molecule has 0 fully saturated rings. The van der Waals surface area contributed by atoms with Crippen molar-refractivity contribution in [1.29, 1.82) is 0 Å². The highest BCUT2D eigenvalue weighted by Crippen LogP contribution is 2.18. The molecule has 16 heavy (non-hydrogen) atoms. The second kappa shape index (κ2) is 5.95. The SMILES string of the molecule is CC.Cc1cc(-c2cccnc2C)ncn1. The minimum Gasteiger partial charge on any atom is -0.261 e. The first-order valence-electron chi connectivity index (χ1n) is 5.48. The van der Waals surface area contributed by atoms with Crippen molar-refractivity contribution in [1.82, 2.24) is 15.0 Å². The molecule has 0 N–H and O–H groups in total. The maximum atomic E-state index is 4.22. The van der Waals surface area contributed by atoms with E-state index >= 15 is 0 Å². The van der Waals surface area contributed by atoms with Crippen molar-refractivity contribution in [2.24, 2.45) is 0 Å². The molecule has 0 spiro atoms. The molecule has 3 nitrogen and oxygen atoms in total. The lowest BCUT2D eigenvalue weighted by atomic mass is 10.1. The lowest BCUT2D eigenvalue weighted by Gasteiger charge is -2.03. The van der Waals surface area contributed by atoms with Crippen LogP contribution in [0.5, 0.6) is 0 Å². The molecule has 0 amide bonds. The van der Waals surface area contributed by atoms with Gasteiger partial charge in [0.05, 0.1) is 5.69 Å². The predicted molar refractivity (Wildman–Crippen MR) is 66.1 cm³/mol. The van der Waals surface area contributed by atoms with Gasteiger partial charge in [0.2, 0.25) is 0 Å². The third kappa shape index (κ3) is 2.86. The van der Waals surface area contributed by atoms with E-state index in [1.165, 1.54) is 0 Å². The maximum Gasteiger partial charge on any atom is 0.116 e. The highest BCUT2D eigenvalue weighted by atomic mass is 14.8. The molecule has 0 aliphatic carbocycles. The number of rotatable bonds is 1. The fourth-order valence-electron chi connectivity index (χ4n) is 1.36. The number of nitrogens with zero attached hydrogens (tertiary/aromatic N) is 3. The number of aryl methyl sites for hydroxylation is 2. The molecule has 84 valence electrons. The van der Waals surface area contributed by atoms with E-state index in [0.29, 0.717) is 0 Å². The summed E-state index contributed by atoms with van der Waals surface area (Å²) in [7, 11) is 0. The first-order chi connectivity index (χ1) is 7.77. The summed E-state index contributed by atoms with van der Waals surface area (Å²) in [6.45, 7) is 7.93. The Bertz CT molecular complexity index is 452. The molecule has 0 aromatic carbocycles. The van der Waals surface area contributed by atoms with Gasteiger partial charge < -0.3 is 0 Å². The minimum atomic E-state index is 0.933. The van der Waals surface area contributed by atoms with E-state index in [9.17, 15) is 0 Å². The molecule has 0 saturated carbocycles. The van der Waals surface area contributed by atoms with Gasteiger partial charge in [0.15, 0.2) is 0 Å². The van der Waals surface area contributed by atoms with Gasteiger partial charge >= 0.3 is 0 Å². The van der Waals surface area contributed by atoms with E-state index in [1.807, 2.05) is 45.9 Å². The lowest BCUT2D eigenvalue weighted by Crippen LogP contribution is -1.91. The van der Waals surface area contributed by atoms with Crippen LogP contribution < -0.4 is 0 Å². The fraction of sp³-hybridized carbons (Fsp3) is 0.308. The summed E-state index contributed by atoms with van der Waals surface area (Å²) in [5.41, 5.74) is 3.96. The third-order valence-corrected chi connectivity index (χ3v) is 2.09. The molecule has 0 unspecified atom stereocenters. The molecule has 2 heterocycles. The summed E-state index contributed by atoms with van der Waals surface area (Å²) < 4.78 is 0. The van der Waals surface area contributed by atoms with Crippen LogP contribution in [0.2, 0.25) is 0 Å². The average molecular weight is 215 g/mol. The van der Waals surface area contributed by atoms with Crippen molar-refractivity contribution < 1.29 is 0 Å². The van der Waals surface area contributed by atoms with Gasteiger partial charge in [0, 0.05) is 23.1 Å². The molecular formula is C13H17N3. The van der Waals surface area contributed by atoms with Gasteiger partial charge in [-0.15, -0.1) is 0 Å². The van der Waals surface area contributed by atoms with Gasteiger partial charge in [-0.25, -0.2) is 9.97 Å². The van der Waals surface area contributed by atoms with E-state index in [1.54, 1.807) is 12.5 Å². The van der Waals surface area contributed by atoms with E-state index in [-0.39, 0.29) is 0 Å². The van der Waals surface area contributed by atoms with E-state index < -0.39 is 0 Å². The van der Waals surface area contributed by atoms with Crippen LogP contribution in [-0.2, 0) is 0 Å². The molecule has 2 aromatic rings. The summed E-state index contributed by atoms with van der Waals surface area (Å²) in [6, 6.07) is 5.90. The van der Waals surface area contributed by atoms with E-state index in [0.717, 1.165) is 22.6 Å². The second-order valence-corrected chi connectivity index (χ2v) is 3.18. The molecule has 0 bridgehead atoms. The summed E-state index contributed by atoms with van der Waals surface area (Å²) in [4.78, 5) is 12.5. The minimum absolute atomic E-state index is 0.933. The predicted octanol–water partition coefficient (Wildman–Crippen LogP) is 3.18. The van der Waals surface area contributed by atoms with Crippen LogP contribution in [0.1, 0.15) is 25.2 Å². The zero-order chi connectivity index (χ0) is 12.0. The smallest absolute Gasteiger partial charge is 0.116 e. The molecular weight excluding hydrogens is 198 g/mol. The van der Waals surface area contributed by atoms with Gasteiger partial charge in [-0.2, -0.15) is 0 Å². The van der Waals surface area contributed by atoms with Crippen LogP contribution >= 0.6 is 0 Å². The molecule has 0 aliphatic heterocycles. The first-order valence-corrected chi connectivity index (χ1v) is 5.48. The average Bonchev–Trinajstić information content (AvgIpc) is 2.32. The normalized spacial score (nSPS) is 9.25. The van der Waals surface area contributed by atoms with Crippen LogP contribution in [0.4, 0.5) is 0 Å². The molecule has 2 rings (SSSR count). The van der Waals surface area contributed by atoms with Crippen LogP contribution in [0, 0.1) is 13.8 Å². The number of aromatic nitrogens is 3. The fourth-order valence-corrected chi connectivity index (χ4v) is 1.36. The summed E-state index contributed by atoms with van der Waals surface area (Å²) in [5, 5.41) is 0. The standard InChI is InChI=1S/C11H11N3.C2H6/c1-8-6-11(14-7-13-8)10-4-3-5-12-9(10)2;1-2/h3-7H,1-2H3;1-2H3. The highest BCUT2D eigenvalue weighted by Gasteiger charge is 2.02. The Balaban J connectivity index is 0.000000606. The third-order valence-electron chi connectivity index (χ3n) is 2.09. The van der Waals surface area contributed by atoms with Crippen molar-refractivity contribution in [3.05, 3.63) is 42.1 Å². The quantitative estimate of drug-likeness (QED) is 0.733. The van der Waals surface area contributed by atoms with Gasteiger partial charge in [0.1, 0.15) is 6.33 Å². The first kappa shape index (κ1) is 12.3. The second-order valence-electron chi connectivity index (χ2n) is 3.18. The van der Waals surface area contributed by atoms with Crippen LogP contribution in [-0.4, -0.2) is 15.0 Å². The Morgan fingerprint density at radius 2 is 1.75 bits per heavy atom. The summed E-state index contributed by atoms with van der Waals surface area (Å²) in [5.74, 6) is 0. The Labute approximate surface area is 96.6 Å². The van der Waals surface area contributed by atoms with Gasteiger partial charge in [-0.1, -0.05) is 13.8 Å².